The molecule has 7 nitrogen and oxygen atoms in total. The molecular weight excluding hydrogens is 342 g/mol. The van der Waals surface area contributed by atoms with E-state index in [1.165, 1.54) is 4.90 Å². The van der Waals surface area contributed by atoms with Crippen molar-refractivity contribution in [3.63, 3.8) is 0 Å². The first-order chi connectivity index (χ1) is 11.8. The number of carbonyl (C=O) groups is 2. The van der Waals surface area contributed by atoms with Gasteiger partial charge in [-0.05, 0) is 6.92 Å². The Kier molecular flexibility index (Phi) is 3.52. The summed E-state index contributed by atoms with van der Waals surface area (Å²) in [6.07, 6.45) is 3.14. The predicted molar refractivity (Wildman–Crippen MR) is 89.8 cm³/mol. The van der Waals surface area contributed by atoms with E-state index in [1.807, 2.05) is 40.7 Å². The number of imidazole rings is 1. The Hall–Kier alpha value is -2.19. The summed E-state index contributed by atoms with van der Waals surface area (Å²) in [7, 11) is 0. The second-order valence-corrected chi connectivity index (χ2v) is 7.77. The first-order valence-electron chi connectivity index (χ1n) is 8.24. The molecule has 25 heavy (non-hydrogen) atoms. The molecule has 2 aromatic rings. The van der Waals surface area contributed by atoms with Gasteiger partial charge in [-0.2, -0.15) is 4.40 Å². The van der Waals surface area contributed by atoms with Crippen molar-refractivity contribution in [2.45, 2.75) is 39.5 Å². The lowest BCUT2D eigenvalue weighted by atomic mass is 9.78. The Bertz CT molecular complexity index is 926. The number of aliphatic hydroxyl groups excluding tert-OH is 1. The van der Waals surface area contributed by atoms with Gasteiger partial charge in [-0.15, -0.1) is 0 Å². The molecule has 4 rings (SSSR count). The summed E-state index contributed by atoms with van der Waals surface area (Å²) in [6, 6.07) is -0.266. The Morgan fingerprint density at radius 2 is 2.20 bits per heavy atom. The van der Waals surface area contributed by atoms with Crippen LogP contribution in [0.1, 0.15) is 19.5 Å². The van der Waals surface area contributed by atoms with Gasteiger partial charge < -0.3 is 15.1 Å². The van der Waals surface area contributed by atoms with Crippen molar-refractivity contribution in [3.8, 4) is 0 Å². The van der Waals surface area contributed by atoms with E-state index in [2.05, 4.69) is 0 Å². The number of aromatic nitrogens is 2. The molecule has 132 valence electrons. The van der Waals surface area contributed by atoms with Gasteiger partial charge in [0.25, 0.3) is 0 Å². The van der Waals surface area contributed by atoms with Crippen LogP contribution < -0.4 is 4.40 Å². The van der Waals surface area contributed by atoms with Crippen LogP contribution in [0.3, 0.4) is 0 Å². The minimum Gasteiger partial charge on any atom is -0.477 e. The molecular formula is C17H20N3O4S+. The highest BCUT2D eigenvalue weighted by Crippen LogP contribution is 2.47. The van der Waals surface area contributed by atoms with E-state index in [1.54, 1.807) is 18.3 Å². The lowest BCUT2D eigenvalue weighted by molar-refractivity contribution is -0.508. The number of hydrogen-bond acceptors (Lipinski definition) is 4. The minimum atomic E-state index is -1.08. The molecule has 0 bridgehead atoms. The molecule has 8 heteroatoms. The van der Waals surface area contributed by atoms with Gasteiger partial charge in [0.2, 0.25) is 17.1 Å². The topological polar surface area (TPSA) is 86.9 Å². The summed E-state index contributed by atoms with van der Waals surface area (Å²) in [5, 5.41) is 21.6. The first-order valence-corrected chi connectivity index (χ1v) is 9.12. The van der Waals surface area contributed by atoms with Crippen LogP contribution in [-0.4, -0.2) is 43.7 Å². The van der Waals surface area contributed by atoms with Gasteiger partial charge in [0.1, 0.15) is 18.4 Å². The average molecular weight is 362 g/mol. The SMILES string of the molecule is Cc1c2scc[n+]2cn1CC1=C(C(=O)O)N2C(=O)[C@H]([C@@H](C)O)[C@H]2[C@H]1C. The fourth-order valence-electron chi connectivity index (χ4n) is 4.21. The summed E-state index contributed by atoms with van der Waals surface area (Å²) < 4.78 is 4.04. The number of carbonyl (C=O) groups excluding carboxylic acids is 1. The van der Waals surface area contributed by atoms with Crippen molar-refractivity contribution in [1.82, 2.24) is 9.47 Å². The van der Waals surface area contributed by atoms with Gasteiger partial charge in [0.05, 0.1) is 18.1 Å². The number of aliphatic hydroxyl groups is 1. The zero-order valence-corrected chi connectivity index (χ0v) is 15.0. The van der Waals surface area contributed by atoms with E-state index >= 15 is 0 Å². The van der Waals surface area contributed by atoms with Crippen molar-refractivity contribution >= 4 is 28.0 Å². The molecule has 2 aliphatic rings. The number of rotatable bonds is 4. The van der Waals surface area contributed by atoms with E-state index in [4.69, 9.17) is 0 Å². The Labute approximate surface area is 148 Å². The van der Waals surface area contributed by atoms with Crippen molar-refractivity contribution in [1.29, 1.82) is 0 Å². The Balaban J connectivity index is 1.75. The number of aryl methyl sites for hydroxylation is 1. The highest BCUT2D eigenvalue weighted by molar-refractivity contribution is 7.15. The van der Waals surface area contributed by atoms with E-state index in [0.717, 1.165) is 16.1 Å². The maximum Gasteiger partial charge on any atom is 0.352 e. The molecule has 2 aromatic heterocycles. The molecule has 1 amide bonds. The van der Waals surface area contributed by atoms with Gasteiger partial charge in [-0.25, -0.2) is 9.36 Å². The normalized spacial score (nSPS) is 27.0. The molecule has 2 N–H and O–H groups in total. The van der Waals surface area contributed by atoms with Gasteiger partial charge >= 0.3 is 5.97 Å². The van der Waals surface area contributed by atoms with Crippen LogP contribution in [-0.2, 0) is 16.1 Å². The van der Waals surface area contributed by atoms with Crippen molar-refractivity contribution in [3.05, 3.63) is 34.9 Å². The van der Waals surface area contributed by atoms with Crippen LogP contribution in [0.25, 0.3) is 4.83 Å². The molecule has 0 radical (unpaired) electrons. The number of amides is 1. The number of carboxylic acid groups (broad SMARTS) is 1. The van der Waals surface area contributed by atoms with Crippen LogP contribution in [0.5, 0.6) is 0 Å². The van der Waals surface area contributed by atoms with Crippen LogP contribution in [0.4, 0.5) is 0 Å². The summed E-state index contributed by atoms with van der Waals surface area (Å²) >= 11 is 1.63. The Morgan fingerprint density at radius 1 is 1.48 bits per heavy atom. The number of aliphatic carboxylic acids is 1. The van der Waals surface area contributed by atoms with Gasteiger partial charge in [0.15, 0.2) is 5.69 Å². The molecule has 0 aromatic carbocycles. The van der Waals surface area contributed by atoms with Crippen LogP contribution >= 0.6 is 11.3 Å². The minimum absolute atomic E-state index is 0.0841. The third kappa shape index (κ3) is 2.10. The van der Waals surface area contributed by atoms with E-state index in [0.29, 0.717) is 6.54 Å². The molecule has 4 atom stereocenters. The van der Waals surface area contributed by atoms with E-state index < -0.39 is 18.0 Å². The second kappa shape index (κ2) is 5.40. The molecule has 2 aliphatic heterocycles. The highest BCUT2D eigenvalue weighted by Gasteiger charge is 2.60. The first kappa shape index (κ1) is 16.3. The molecule has 0 aliphatic carbocycles. The quantitative estimate of drug-likeness (QED) is 0.622. The molecule has 0 unspecified atom stereocenters. The summed E-state index contributed by atoms with van der Waals surface area (Å²) in [4.78, 5) is 26.7. The third-order valence-corrected chi connectivity index (χ3v) is 6.49. The number of fused-ring (bicyclic) bond motifs is 2. The number of hydrogen-bond donors (Lipinski definition) is 2. The molecule has 1 fully saturated rings. The molecule has 4 heterocycles. The molecule has 0 saturated carbocycles. The van der Waals surface area contributed by atoms with Gasteiger partial charge in [-0.1, -0.05) is 18.3 Å². The Morgan fingerprint density at radius 3 is 2.80 bits per heavy atom. The fraction of sp³-hybridized carbons (Fsp3) is 0.471. The van der Waals surface area contributed by atoms with E-state index in [-0.39, 0.29) is 23.6 Å². The lowest BCUT2D eigenvalue weighted by Gasteiger charge is -2.46. The standard InChI is InChI=1S/C17H19N3O4S/c1-8-11(6-19-7-18-4-5-25-16(18)9(19)2)14(17(23)24)20-13(8)12(10(3)21)15(20)22/h4-5,7-8,10,12-13,21H,6H2,1-3H3/p+1/t8-,10+,12+,13+/m0/s1. The van der Waals surface area contributed by atoms with E-state index in [9.17, 15) is 19.8 Å². The smallest absolute Gasteiger partial charge is 0.352 e. The van der Waals surface area contributed by atoms with Gasteiger partial charge in [-0.3, -0.25) is 4.79 Å². The molecule has 0 spiro atoms. The summed E-state index contributed by atoms with van der Waals surface area (Å²) in [6.45, 7) is 5.96. The van der Waals surface area contributed by atoms with Crippen molar-refractivity contribution in [2.24, 2.45) is 11.8 Å². The third-order valence-electron chi connectivity index (χ3n) is 5.50. The number of carboxylic acids is 1. The largest absolute Gasteiger partial charge is 0.477 e. The number of nitrogens with zero attached hydrogens (tertiary/aromatic N) is 3. The van der Waals surface area contributed by atoms with Crippen LogP contribution in [0.15, 0.2) is 29.2 Å². The molecule has 1 saturated heterocycles. The maximum atomic E-state index is 12.4. The number of thiazole rings is 1. The van der Waals surface area contributed by atoms with Gasteiger partial charge in [0, 0.05) is 23.8 Å². The maximum absolute atomic E-state index is 12.4. The fourth-order valence-corrected chi connectivity index (χ4v) is 5.05. The lowest BCUT2D eigenvalue weighted by Crippen LogP contribution is -2.63. The number of β-lactam (4-membered cyclic amide) rings is 1. The van der Waals surface area contributed by atoms with Crippen LogP contribution in [0, 0.1) is 18.8 Å². The second-order valence-electron chi connectivity index (χ2n) is 6.88. The van der Waals surface area contributed by atoms with Crippen molar-refractivity contribution in [2.75, 3.05) is 0 Å². The zero-order valence-electron chi connectivity index (χ0n) is 14.2. The predicted octanol–water partition coefficient (Wildman–Crippen LogP) is 0.793. The zero-order chi connectivity index (χ0) is 18.0. The average Bonchev–Trinajstić information content (AvgIpc) is 3.16. The van der Waals surface area contributed by atoms with Crippen molar-refractivity contribution < 1.29 is 24.2 Å². The monoisotopic (exact) mass is 362 g/mol. The van der Waals surface area contributed by atoms with Crippen LogP contribution in [0.2, 0.25) is 0 Å². The highest BCUT2D eigenvalue weighted by atomic mass is 32.1. The summed E-state index contributed by atoms with van der Waals surface area (Å²) in [5.74, 6) is -2.00. The summed E-state index contributed by atoms with van der Waals surface area (Å²) in [5.41, 5.74) is 1.88.